The Kier molecular flexibility index (Phi) is 5.43. The molecule has 134 valence electrons. The molecule has 0 radical (unpaired) electrons. The van der Waals surface area contributed by atoms with Gasteiger partial charge in [0.2, 0.25) is 0 Å². The molecule has 3 aromatic carbocycles. The molecule has 3 aromatic rings. The van der Waals surface area contributed by atoms with Crippen molar-refractivity contribution in [2.75, 3.05) is 0 Å². The quantitative estimate of drug-likeness (QED) is 0.354. The highest BCUT2D eigenvalue weighted by Crippen LogP contribution is 2.25. The lowest BCUT2D eigenvalue weighted by atomic mass is 10.0. The number of carbonyl (C=O) groups excluding carboxylic acids is 1. The van der Waals surface area contributed by atoms with E-state index in [1.807, 2.05) is 61.5 Å². The number of aliphatic imine (C=N–C) groups is 1. The molecule has 0 saturated carbocycles. The second-order valence-corrected chi connectivity index (χ2v) is 6.33. The summed E-state index contributed by atoms with van der Waals surface area (Å²) in [7, 11) is 0. The maximum atomic E-state index is 12.7. The molecule has 0 fully saturated rings. The zero-order chi connectivity index (χ0) is 19.4. The van der Waals surface area contributed by atoms with Gasteiger partial charge in [0.25, 0.3) is 11.6 Å². The average Bonchev–Trinajstić information content (AvgIpc) is 2.67. The Morgan fingerprint density at radius 3 is 2.15 bits per heavy atom. The summed E-state index contributed by atoms with van der Waals surface area (Å²) < 4.78 is 0. The van der Waals surface area contributed by atoms with Gasteiger partial charge in [0, 0.05) is 22.8 Å². The van der Waals surface area contributed by atoms with Gasteiger partial charge in [-0.2, -0.15) is 0 Å². The SMILES string of the molecule is Cc1ccc(C(=NC(=O)c2ccc(Cl)c([N+](=O)[O-])c2)c2ccccc2)cc1. The van der Waals surface area contributed by atoms with Gasteiger partial charge in [0.1, 0.15) is 5.02 Å². The van der Waals surface area contributed by atoms with Gasteiger partial charge in [-0.15, -0.1) is 0 Å². The molecule has 0 spiro atoms. The van der Waals surface area contributed by atoms with Crippen LogP contribution < -0.4 is 0 Å². The maximum absolute atomic E-state index is 12.7. The topological polar surface area (TPSA) is 72.6 Å². The van der Waals surface area contributed by atoms with Crippen molar-refractivity contribution in [1.82, 2.24) is 0 Å². The lowest BCUT2D eigenvalue weighted by Crippen LogP contribution is -2.08. The molecule has 1 amide bonds. The molecule has 0 heterocycles. The van der Waals surface area contributed by atoms with E-state index in [1.54, 1.807) is 0 Å². The van der Waals surface area contributed by atoms with Gasteiger partial charge in [0.05, 0.1) is 10.6 Å². The van der Waals surface area contributed by atoms with Crippen molar-refractivity contribution < 1.29 is 9.72 Å². The van der Waals surface area contributed by atoms with Crippen LogP contribution in [0.2, 0.25) is 5.02 Å². The van der Waals surface area contributed by atoms with E-state index >= 15 is 0 Å². The summed E-state index contributed by atoms with van der Waals surface area (Å²) in [5.74, 6) is -0.575. The van der Waals surface area contributed by atoms with Crippen molar-refractivity contribution in [3.8, 4) is 0 Å². The number of amides is 1. The Bertz CT molecular complexity index is 1030. The Morgan fingerprint density at radius 2 is 1.52 bits per heavy atom. The number of hydrogen-bond donors (Lipinski definition) is 0. The van der Waals surface area contributed by atoms with Gasteiger partial charge in [-0.3, -0.25) is 14.9 Å². The number of nitro benzene ring substituents is 1. The van der Waals surface area contributed by atoms with Crippen LogP contribution in [0.25, 0.3) is 0 Å². The minimum absolute atomic E-state index is 0.0256. The van der Waals surface area contributed by atoms with Gasteiger partial charge in [-0.05, 0) is 19.1 Å². The van der Waals surface area contributed by atoms with Crippen LogP contribution in [0.5, 0.6) is 0 Å². The molecule has 27 heavy (non-hydrogen) atoms. The van der Waals surface area contributed by atoms with E-state index in [2.05, 4.69) is 4.99 Å². The third-order valence-electron chi connectivity index (χ3n) is 3.98. The third-order valence-corrected chi connectivity index (χ3v) is 4.29. The zero-order valence-corrected chi connectivity index (χ0v) is 15.2. The fourth-order valence-corrected chi connectivity index (χ4v) is 2.74. The first-order valence-electron chi connectivity index (χ1n) is 8.15. The van der Waals surface area contributed by atoms with Crippen molar-refractivity contribution in [3.05, 3.63) is 110 Å². The molecule has 0 aromatic heterocycles. The molecule has 6 heteroatoms. The second-order valence-electron chi connectivity index (χ2n) is 5.92. The predicted octanol–water partition coefficient (Wildman–Crippen LogP) is 5.23. The lowest BCUT2D eigenvalue weighted by molar-refractivity contribution is -0.384. The van der Waals surface area contributed by atoms with Gasteiger partial charge in [0.15, 0.2) is 0 Å². The van der Waals surface area contributed by atoms with Crippen LogP contribution in [0.4, 0.5) is 5.69 Å². The van der Waals surface area contributed by atoms with Crippen LogP contribution in [0, 0.1) is 17.0 Å². The van der Waals surface area contributed by atoms with E-state index in [-0.39, 0.29) is 16.3 Å². The van der Waals surface area contributed by atoms with Gasteiger partial charge >= 0.3 is 0 Å². The maximum Gasteiger partial charge on any atom is 0.288 e. The molecular formula is C21H15ClN2O3. The molecule has 0 saturated heterocycles. The van der Waals surface area contributed by atoms with Crippen molar-refractivity contribution in [2.24, 2.45) is 4.99 Å². The summed E-state index contributed by atoms with van der Waals surface area (Å²) in [6, 6.07) is 20.9. The highest BCUT2D eigenvalue weighted by molar-refractivity contribution is 6.32. The largest absolute Gasteiger partial charge is 0.288 e. The standard InChI is InChI=1S/C21H15ClN2O3/c1-14-7-9-16(10-8-14)20(15-5-3-2-4-6-15)23-21(25)17-11-12-18(22)19(13-17)24(26)27/h2-13H,1H3. The summed E-state index contributed by atoms with van der Waals surface area (Å²) in [5.41, 5.74) is 2.92. The second kappa shape index (κ2) is 7.93. The number of benzene rings is 3. The van der Waals surface area contributed by atoms with E-state index in [4.69, 9.17) is 11.6 Å². The van der Waals surface area contributed by atoms with Crippen molar-refractivity contribution in [2.45, 2.75) is 6.92 Å². The lowest BCUT2D eigenvalue weighted by Gasteiger charge is -2.08. The first-order valence-corrected chi connectivity index (χ1v) is 8.53. The Balaban J connectivity index is 2.08. The van der Waals surface area contributed by atoms with E-state index in [9.17, 15) is 14.9 Å². The molecule has 0 aliphatic carbocycles. The average molecular weight is 379 g/mol. The smallest absolute Gasteiger partial charge is 0.267 e. The molecule has 0 bridgehead atoms. The van der Waals surface area contributed by atoms with Crippen LogP contribution in [0.1, 0.15) is 27.0 Å². The minimum Gasteiger partial charge on any atom is -0.267 e. The summed E-state index contributed by atoms with van der Waals surface area (Å²) in [6.07, 6.45) is 0. The summed E-state index contributed by atoms with van der Waals surface area (Å²) in [5, 5.41) is 11.0. The molecule has 5 nitrogen and oxygen atoms in total. The normalized spacial score (nSPS) is 11.3. The van der Waals surface area contributed by atoms with Crippen LogP contribution in [-0.2, 0) is 0 Å². The zero-order valence-electron chi connectivity index (χ0n) is 14.4. The van der Waals surface area contributed by atoms with Crippen LogP contribution >= 0.6 is 11.6 Å². The van der Waals surface area contributed by atoms with E-state index in [1.165, 1.54) is 12.1 Å². The summed E-state index contributed by atoms with van der Waals surface area (Å²) in [4.78, 5) is 27.4. The molecule has 0 aliphatic heterocycles. The Hall–Kier alpha value is -3.31. The fraction of sp³-hybridized carbons (Fsp3) is 0.0476. The number of aryl methyl sites for hydroxylation is 1. The van der Waals surface area contributed by atoms with E-state index in [0.29, 0.717) is 5.71 Å². The predicted molar refractivity (Wildman–Crippen MR) is 106 cm³/mol. The van der Waals surface area contributed by atoms with Crippen molar-refractivity contribution >= 4 is 28.9 Å². The molecule has 0 aliphatic rings. The van der Waals surface area contributed by atoms with Crippen LogP contribution in [0.3, 0.4) is 0 Å². The first-order chi connectivity index (χ1) is 13.0. The van der Waals surface area contributed by atoms with Crippen molar-refractivity contribution in [3.63, 3.8) is 0 Å². The van der Waals surface area contributed by atoms with Gasteiger partial charge < -0.3 is 0 Å². The number of nitrogens with zero attached hydrogens (tertiary/aromatic N) is 2. The van der Waals surface area contributed by atoms with E-state index in [0.717, 1.165) is 22.8 Å². The fourth-order valence-electron chi connectivity index (χ4n) is 2.55. The molecule has 0 N–H and O–H groups in total. The van der Waals surface area contributed by atoms with E-state index < -0.39 is 10.8 Å². The minimum atomic E-state index is -0.624. The third kappa shape index (κ3) is 4.27. The first kappa shape index (κ1) is 18.5. The van der Waals surface area contributed by atoms with Crippen LogP contribution in [0.15, 0.2) is 77.8 Å². The number of halogens is 1. The van der Waals surface area contributed by atoms with Crippen molar-refractivity contribution in [1.29, 1.82) is 0 Å². The number of carbonyl (C=O) groups is 1. The van der Waals surface area contributed by atoms with Gasteiger partial charge in [-0.1, -0.05) is 71.8 Å². The Morgan fingerprint density at radius 1 is 0.926 bits per heavy atom. The number of nitro groups is 1. The molecule has 0 atom stereocenters. The van der Waals surface area contributed by atoms with Crippen LogP contribution in [-0.4, -0.2) is 16.5 Å². The highest BCUT2D eigenvalue weighted by atomic mass is 35.5. The molecule has 0 unspecified atom stereocenters. The molecular weight excluding hydrogens is 364 g/mol. The summed E-state index contributed by atoms with van der Waals surface area (Å²) >= 11 is 5.82. The molecule has 3 rings (SSSR count). The highest BCUT2D eigenvalue weighted by Gasteiger charge is 2.17. The Labute approximate surface area is 161 Å². The monoisotopic (exact) mass is 378 g/mol. The number of rotatable bonds is 4. The number of hydrogen-bond acceptors (Lipinski definition) is 3. The van der Waals surface area contributed by atoms with Gasteiger partial charge in [-0.25, -0.2) is 4.99 Å². The summed E-state index contributed by atoms with van der Waals surface area (Å²) in [6.45, 7) is 1.97.